The van der Waals surface area contributed by atoms with Crippen LogP contribution in [0, 0.1) is 18.3 Å². The summed E-state index contributed by atoms with van der Waals surface area (Å²) in [4.78, 5) is 25.2. The molecule has 0 aromatic heterocycles. The van der Waals surface area contributed by atoms with Gasteiger partial charge in [-0.1, -0.05) is 0 Å². The third-order valence-electron chi connectivity index (χ3n) is 5.84. The maximum atomic E-state index is 13.1. The van der Waals surface area contributed by atoms with Crippen molar-refractivity contribution in [1.29, 1.82) is 5.26 Å². The lowest BCUT2D eigenvalue weighted by molar-refractivity contribution is -0.923. The summed E-state index contributed by atoms with van der Waals surface area (Å²) in [6, 6.07) is 5.18. The van der Waals surface area contributed by atoms with Crippen LogP contribution in [0.4, 0.5) is 5.69 Å². The van der Waals surface area contributed by atoms with Gasteiger partial charge in [-0.05, 0) is 24.6 Å². The molecule has 1 aliphatic carbocycles. The minimum atomic E-state index is -0.554. The number of amides is 1. The first kappa shape index (κ1) is 17.4. The summed E-state index contributed by atoms with van der Waals surface area (Å²) in [7, 11) is 3.45. The van der Waals surface area contributed by atoms with Gasteiger partial charge in [-0.2, -0.15) is 5.26 Å². The molecule has 0 spiro atoms. The highest BCUT2D eigenvalue weighted by Gasteiger charge is 2.64. The zero-order valence-electron chi connectivity index (χ0n) is 15.0. The van der Waals surface area contributed by atoms with Crippen LogP contribution in [-0.2, 0) is 9.53 Å². The maximum absolute atomic E-state index is 13.1. The van der Waals surface area contributed by atoms with Gasteiger partial charge in [0.05, 0.1) is 50.1 Å². The number of anilines is 1. The molecule has 132 valence electrons. The highest BCUT2D eigenvalue weighted by molar-refractivity contribution is 6.06. The van der Waals surface area contributed by atoms with E-state index in [-0.39, 0.29) is 17.0 Å². The predicted molar refractivity (Wildman–Crippen MR) is 93.0 cm³/mol. The van der Waals surface area contributed by atoms with Gasteiger partial charge >= 0.3 is 5.97 Å². The summed E-state index contributed by atoms with van der Waals surface area (Å²) < 4.78 is 5.61. The lowest BCUT2D eigenvalue weighted by Gasteiger charge is -2.37. The van der Waals surface area contributed by atoms with Crippen LogP contribution in [-0.4, -0.2) is 49.1 Å². The predicted octanol–water partition coefficient (Wildman–Crippen LogP) is 2.36. The van der Waals surface area contributed by atoms with E-state index in [1.807, 2.05) is 6.07 Å². The first-order chi connectivity index (χ1) is 11.9. The molecule has 6 heteroatoms. The molecule has 1 aromatic rings. The van der Waals surface area contributed by atoms with Crippen molar-refractivity contribution < 1.29 is 18.8 Å². The van der Waals surface area contributed by atoms with Crippen LogP contribution in [0.5, 0.6) is 0 Å². The maximum Gasteiger partial charge on any atom is 0.340 e. The number of esters is 1. The second-order valence-electron chi connectivity index (χ2n) is 7.36. The number of carbonyl (C=O) groups excluding carboxylic acids is 2. The fourth-order valence-electron chi connectivity index (χ4n) is 4.11. The largest absolute Gasteiger partial charge is 0.465 e. The van der Waals surface area contributed by atoms with Crippen LogP contribution in [0.3, 0.4) is 0 Å². The average Bonchev–Trinajstić information content (AvgIpc) is 3.32. The van der Waals surface area contributed by atoms with Crippen LogP contribution in [0.1, 0.15) is 47.2 Å². The number of hydrogen-bond donors (Lipinski definition) is 1. The SMILES string of the molecule is COC(=O)c1cc(C#N)cc(C)c1NC(=O)C1([N+]2(C)CCCC2)CC1. The van der Waals surface area contributed by atoms with E-state index in [1.54, 1.807) is 13.0 Å². The van der Waals surface area contributed by atoms with Gasteiger partial charge in [0.1, 0.15) is 0 Å². The van der Waals surface area contributed by atoms with Crippen molar-refractivity contribution >= 4 is 17.6 Å². The first-order valence-electron chi connectivity index (χ1n) is 8.66. The second-order valence-corrected chi connectivity index (χ2v) is 7.36. The number of methoxy groups -OCH3 is 1. The van der Waals surface area contributed by atoms with E-state index in [9.17, 15) is 9.59 Å². The highest BCUT2D eigenvalue weighted by Crippen LogP contribution is 2.49. The first-order valence-corrected chi connectivity index (χ1v) is 8.66. The zero-order valence-corrected chi connectivity index (χ0v) is 15.0. The number of benzene rings is 1. The molecule has 2 aliphatic rings. The van der Waals surface area contributed by atoms with Gasteiger partial charge in [-0.15, -0.1) is 0 Å². The molecule has 1 N–H and O–H groups in total. The number of ether oxygens (including phenoxy) is 1. The number of rotatable bonds is 4. The molecule has 1 saturated heterocycles. The molecule has 1 amide bonds. The number of hydrogen-bond acceptors (Lipinski definition) is 4. The zero-order chi connectivity index (χ0) is 18.2. The van der Waals surface area contributed by atoms with Gasteiger partial charge < -0.3 is 14.5 Å². The van der Waals surface area contributed by atoms with E-state index < -0.39 is 5.97 Å². The van der Waals surface area contributed by atoms with Crippen molar-refractivity contribution in [3.8, 4) is 6.07 Å². The molecule has 0 radical (unpaired) electrons. The van der Waals surface area contributed by atoms with E-state index in [2.05, 4.69) is 12.4 Å². The number of nitriles is 1. The number of aryl methyl sites for hydroxylation is 1. The summed E-state index contributed by atoms with van der Waals surface area (Å²) in [5, 5.41) is 12.1. The standard InChI is InChI=1S/C19H23N3O3/c1-13-10-14(12-20)11-15(17(23)25-3)16(13)21-18(24)19(6-7-19)22(2)8-4-5-9-22/h10-11H,4-9H2,1-3H3/p+1. The molecule has 0 atom stereocenters. The number of nitrogens with one attached hydrogen (secondary N) is 1. The lowest BCUT2D eigenvalue weighted by atomic mass is 10.0. The van der Waals surface area contributed by atoms with E-state index in [1.165, 1.54) is 13.2 Å². The summed E-state index contributed by atoms with van der Waals surface area (Å²) >= 11 is 0. The van der Waals surface area contributed by atoms with Crippen molar-refractivity contribution in [2.45, 2.75) is 38.1 Å². The molecule has 25 heavy (non-hydrogen) atoms. The Bertz CT molecular complexity index is 769. The summed E-state index contributed by atoms with van der Waals surface area (Å²) in [6.45, 7) is 3.82. The van der Waals surface area contributed by atoms with Gasteiger partial charge in [0.15, 0.2) is 5.54 Å². The third-order valence-corrected chi connectivity index (χ3v) is 5.84. The van der Waals surface area contributed by atoms with E-state index >= 15 is 0 Å². The van der Waals surface area contributed by atoms with Crippen LogP contribution >= 0.6 is 0 Å². The van der Waals surface area contributed by atoms with Gasteiger partial charge in [0, 0.05) is 25.7 Å². The Labute approximate surface area is 148 Å². The minimum absolute atomic E-state index is 0.0325. The van der Waals surface area contributed by atoms with Crippen LogP contribution < -0.4 is 5.32 Å². The molecule has 0 unspecified atom stereocenters. The molecular formula is C19H24N3O3+. The topological polar surface area (TPSA) is 79.2 Å². The molecule has 3 rings (SSSR count). The molecule has 0 bridgehead atoms. The smallest absolute Gasteiger partial charge is 0.340 e. The summed E-state index contributed by atoms with van der Waals surface area (Å²) in [5.41, 5.74) is 1.35. The normalized spacial score (nSPS) is 19.8. The number of nitrogens with zero attached hydrogens (tertiary/aromatic N) is 2. The second kappa shape index (κ2) is 6.16. The van der Waals surface area contributed by atoms with Gasteiger partial charge in [0.2, 0.25) is 0 Å². The Hall–Kier alpha value is -2.39. The number of likely N-dealkylation sites (N-methyl/N-ethyl adjacent to an activating group) is 1. The summed E-state index contributed by atoms with van der Waals surface area (Å²) in [6.07, 6.45) is 4.04. The molecule has 1 heterocycles. The lowest BCUT2D eigenvalue weighted by Crippen LogP contribution is -2.57. The Morgan fingerprint density at radius 2 is 1.92 bits per heavy atom. The minimum Gasteiger partial charge on any atom is -0.465 e. The highest BCUT2D eigenvalue weighted by atomic mass is 16.5. The fraction of sp³-hybridized carbons (Fsp3) is 0.526. The molecule has 6 nitrogen and oxygen atoms in total. The van der Waals surface area contributed by atoms with E-state index in [4.69, 9.17) is 10.00 Å². The molecule has 1 saturated carbocycles. The number of quaternary nitrogens is 1. The van der Waals surface area contributed by atoms with Crippen molar-refractivity contribution in [3.63, 3.8) is 0 Å². The fourth-order valence-corrected chi connectivity index (χ4v) is 4.11. The van der Waals surface area contributed by atoms with E-state index in [0.717, 1.165) is 43.3 Å². The third kappa shape index (κ3) is 2.79. The Morgan fingerprint density at radius 3 is 2.44 bits per heavy atom. The summed E-state index contributed by atoms with van der Waals surface area (Å²) in [5.74, 6) is -0.586. The van der Waals surface area contributed by atoms with Crippen LogP contribution in [0.25, 0.3) is 0 Å². The van der Waals surface area contributed by atoms with Crippen LogP contribution in [0.2, 0.25) is 0 Å². The average molecular weight is 342 g/mol. The Morgan fingerprint density at radius 1 is 1.28 bits per heavy atom. The molecular weight excluding hydrogens is 318 g/mol. The van der Waals surface area contributed by atoms with Gasteiger partial charge in [-0.3, -0.25) is 4.79 Å². The Kier molecular flexibility index (Phi) is 4.29. The van der Waals surface area contributed by atoms with Gasteiger partial charge in [-0.25, -0.2) is 4.79 Å². The number of carbonyl (C=O) groups is 2. The molecule has 2 fully saturated rings. The molecule has 1 aliphatic heterocycles. The molecule has 1 aromatic carbocycles. The van der Waals surface area contributed by atoms with Crippen molar-refractivity contribution in [1.82, 2.24) is 0 Å². The Balaban J connectivity index is 1.94. The van der Waals surface area contributed by atoms with Crippen LogP contribution in [0.15, 0.2) is 12.1 Å². The van der Waals surface area contributed by atoms with Crippen molar-refractivity contribution in [3.05, 3.63) is 28.8 Å². The quantitative estimate of drug-likeness (QED) is 0.673. The van der Waals surface area contributed by atoms with E-state index in [0.29, 0.717) is 16.8 Å². The van der Waals surface area contributed by atoms with Crippen molar-refractivity contribution in [2.24, 2.45) is 0 Å². The monoisotopic (exact) mass is 342 g/mol. The number of likely N-dealkylation sites (tertiary alicyclic amines) is 1. The van der Waals surface area contributed by atoms with Gasteiger partial charge in [0.25, 0.3) is 5.91 Å². The van der Waals surface area contributed by atoms with Crippen molar-refractivity contribution in [2.75, 3.05) is 32.6 Å².